The van der Waals surface area contributed by atoms with Crippen LogP contribution in [0, 0.1) is 0 Å². The summed E-state index contributed by atoms with van der Waals surface area (Å²) in [6.45, 7) is 2.89. The van der Waals surface area contributed by atoms with Gasteiger partial charge in [0.25, 0.3) is 0 Å². The second kappa shape index (κ2) is 10.7. The van der Waals surface area contributed by atoms with Gasteiger partial charge in [-0.25, -0.2) is 13.2 Å². The van der Waals surface area contributed by atoms with Gasteiger partial charge in [-0.3, -0.25) is 0 Å². The molecule has 31 heavy (non-hydrogen) atoms. The van der Waals surface area contributed by atoms with Crippen LogP contribution in [0.1, 0.15) is 42.1 Å². The van der Waals surface area contributed by atoms with E-state index in [-0.39, 0.29) is 28.2 Å². The van der Waals surface area contributed by atoms with Crippen molar-refractivity contribution in [2.24, 2.45) is 0 Å². The number of hydrogen-bond donors (Lipinski definition) is 1. The molecule has 1 aliphatic rings. The predicted molar refractivity (Wildman–Crippen MR) is 129 cm³/mol. The zero-order chi connectivity index (χ0) is 22.4. The number of ether oxygens (including phenoxy) is 1. The highest BCUT2D eigenvalue weighted by atomic mass is 127. The molecule has 6 nitrogen and oxygen atoms in total. The number of amides is 1. The number of hydrogen-bond acceptors (Lipinski definition) is 4. The van der Waals surface area contributed by atoms with E-state index in [2.05, 4.69) is 29.5 Å². The lowest BCUT2D eigenvalue weighted by Crippen LogP contribution is -2.50. The molecule has 0 saturated carbocycles. The summed E-state index contributed by atoms with van der Waals surface area (Å²) in [5, 5.41) is 9.06. The lowest BCUT2D eigenvalue weighted by Gasteiger charge is -2.40. The number of nitrogens with zero attached hydrogens (tertiary/aromatic N) is 1. The lowest BCUT2D eigenvalue weighted by molar-refractivity contribution is 0.107. The Labute approximate surface area is 197 Å². The van der Waals surface area contributed by atoms with Crippen LogP contribution in [0.25, 0.3) is 0 Å². The van der Waals surface area contributed by atoms with Gasteiger partial charge in [-0.1, -0.05) is 66.3 Å². The summed E-state index contributed by atoms with van der Waals surface area (Å²) in [5.41, 5.74) is 0.992. The van der Waals surface area contributed by atoms with E-state index < -0.39 is 27.2 Å². The molecule has 0 radical (unpaired) electrons. The van der Waals surface area contributed by atoms with Crippen molar-refractivity contribution in [3.63, 3.8) is 0 Å². The fourth-order valence-electron chi connectivity index (χ4n) is 3.87. The summed E-state index contributed by atoms with van der Waals surface area (Å²) >= 11 is 2.23. The van der Waals surface area contributed by atoms with Crippen molar-refractivity contribution in [2.45, 2.75) is 52.7 Å². The number of halogens is 1. The van der Waals surface area contributed by atoms with Gasteiger partial charge >= 0.3 is 6.09 Å². The van der Waals surface area contributed by atoms with Crippen LogP contribution >= 0.6 is 22.6 Å². The summed E-state index contributed by atoms with van der Waals surface area (Å²) in [6.07, 6.45) is 1.53. The third-order valence-electron chi connectivity index (χ3n) is 5.66. The number of rotatable bonds is 8. The highest BCUT2D eigenvalue weighted by molar-refractivity contribution is 14.1. The van der Waals surface area contributed by atoms with Gasteiger partial charge in [-0.2, -0.15) is 0 Å². The Bertz CT molecular complexity index is 965. The molecule has 3 atom stereocenters. The van der Waals surface area contributed by atoms with Gasteiger partial charge in [0.05, 0.1) is 26.7 Å². The highest BCUT2D eigenvalue weighted by Gasteiger charge is 2.41. The van der Waals surface area contributed by atoms with Gasteiger partial charge < -0.3 is 14.7 Å². The molecular weight excluding hydrogens is 529 g/mol. The minimum Gasteiger partial charge on any atom is -0.494 e. The number of carbonyl (C=O) groups is 1. The quantitative estimate of drug-likeness (QED) is 0.270. The van der Waals surface area contributed by atoms with E-state index >= 15 is 0 Å². The molecule has 0 bridgehead atoms. The second-order valence-corrected chi connectivity index (χ2v) is 11.3. The molecule has 1 fully saturated rings. The maximum Gasteiger partial charge on any atom is 0.407 e. The van der Waals surface area contributed by atoms with Crippen molar-refractivity contribution in [2.75, 3.05) is 13.2 Å². The molecule has 3 rings (SSSR count). The van der Waals surface area contributed by atoms with Crippen molar-refractivity contribution in [3.8, 4) is 5.75 Å². The number of unbranched alkanes of at least 4 members (excludes halogenated alkanes) is 1. The van der Waals surface area contributed by atoms with Gasteiger partial charge in [-0.15, -0.1) is 0 Å². The normalized spacial score (nSPS) is 20.3. The van der Waals surface area contributed by atoms with Crippen LogP contribution in [0.4, 0.5) is 4.79 Å². The largest absolute Gasteiger partial charge is 0.494 e. The summed E-state index contributed by atoms with van der Waals surface area (Å²) in [4.78, 5) is 13.5. The Morgan fingerprint density at radius 3 is 2.48 bits per heavy atom. The molecule has 2 aromatic rings. The number of carboxylic acid groups (broad SMARTS) is 1. The van der Waals surface area contributed by atoms with Gasteiger partial charge in [0.15, 0.2) is 9.84 Å². The summed E-state index contributed by atoms with van der Waals surface area (Å²) in [6, 6.07) is 15.8. The summed E-state index contributed by atoms with van der Waals surface area (Å²) in [5.74, 6) is 0.655. The zero-order valence-corrected chi connectivity index (χ0v) is 20.5. The maximum absolute atomic E-state index is 13.3. The van der Waals surface area contributed by atoms with E-state index in [0.29, 0.717) is 12.4 Å². The zero-order valence-electron chi connectivity index (χ0n) is 17.5. The first kappa shape index (κ1) is 23.8. The van der Waals surface area contributed by atoms with Crippen LogP contribution in [-0.2, 0) is 9.84 Å². The molecule has 1 heterocycles. The molecule has 1 N–H and O–H groups in total. The molecule has 0 aromatic heterocycles. The molecule has 0 spiro atoms. The number of benzene rings is 2. The average Bonchev–Trinajstić information content (AvgIpc) is 2.79. The van der Waals surface area contributed by atoms with E-state index in [1.807, 2.05) is 30.3 Å². The standard InChI is InChI=1S/C23H28INO5S/c1-2-3-15-30-18-9-11-19(12-10-18)31(28,29)20-13-14-25(23(26)27)21(16-20)22(24)17-7-5-4-6-8-17/h4-12,20-22H,2-3,13-16H2,1H3,(H,26,27). The molecular formula is C23H28INO5S. The molecule has 3 unspecified atom stereocenters. The summed E-state index contributed by atoms with van der Waals surface area (Å²) in [7, 11) is -3.58. The topological polar surface area (TPSA) is 83.9 Å². The van der Waals surface area contributed by atoms with Gasteiger partial charge in [-0.05, 0) is 49.1 Å². The molecule has 2 aromatic carbocycles. The van der Waals surface area contributed by atoms with Crippen LogP contribution in [0.2, 0.25) is 0 Å². The van der Waals surface area contributed by atoms with Crippen molar-refractivity contribution < 1.29 is 23.1 Å². The molecule has 1 amide bonds. The summed E-state index contributed by atoms with van der Waals surface area (Å²) < 4.78 is 32.2. The van der Waals surface area contributed by atoms with Crippen LogP contribution in [-0.4, -0.2) is 49.0 Å². The maximum atomic E-state index is 13.3. The van der Waals surface area contributed by atoms with Gasteiger partial charge in [0, 0.05) is 6.54 Å². The minimum absolute atomic E-state index is 0.137. The van der Waals surface area contributed by atoms with Gasteiger partial charge in [0.2, 0.25) is 0 Å². The fraction of sp³-hybridized carbons (Fsp3) is 0.435. The van der Waals surface area contributed by atoms with Crippen molar-refractivity contribution in [1.82, 2.24) is 4.90 Å². The number of likely N-dealkylation sites (tertiary alicyclic amines) is 1. The van der Waals surface area contributed by atoms with Crippen LogP contribution in [0.15, 0.2) is 59.5 Å². The van der Waals surface area contributed by atoms with Crippen molar-refractivity contribution in [1.29, 1.82) is 0 Å². The fourth-order valence-corrected chi connectivity index (χ4v) is 6.74. The molecule has 168 valence electrons. The Morgan fingerprint density at radius 2 is 1.87 bits per heavy atom. The van der Waals surface area contributed by atoms with E-state index in [1.54, 1.807) is 24.3 Å². The molecule has 1 saturated heterocycles. The Kier molecular flexibility index (Phi) is 8.21. The number of piperidine rings is 1. The lowest BCUT2D eigenvalue weighted by atomic mass is 9.95. The first-order chi connectivity index (χ1) is 14.8. The smallest absolute Gasteiger partial charge is 0.407 e. The monoisotopic (exact) mass is 557 g/mol. The highest BCUT2D eigenvalue weighted by Crippen LogP contribution is 2.38. The van der Waals surface area contributed by atoms with Crippen LogP contribution in [0.5, 0.6) is 5.75 Å². The molecule has 1 aliphatic heterocycles. The first-order valence-corrected chi connectivity index (χ1v) is 13.3. The minimum atomic E-state index is -3.58. The van der Waals surface area contributed by atoms with Crippen LogP contribution in [0.3, 0.4) is 0 Å². The van der Waals surface area contributed by atoms with E-state index in [4.69, 9.17) is 4.74 Å². The average molecular weight is 557 g/mol. The van der Waals surface area contributed by atoms with Gasteiger partial charge in [0.1, 0.15) is 5.75 Å². The van der Waals surface area contributed by atoms with E-state index in [1.165, 1.54) is 4.90 Å². The number of alkyl halides is 1. The third kappa shape index (κ3) is 5.71. The first-order valence-electron chi connectivity index (χ1n) is 10.5. The SMILES string of the molecule is CCCCOc1ccc(S(=O)(=O)C2CCN(C(=O)O)C(C(I)c3ccccc3)C2)cc1. The van der Waals surface area contributed by atoms with E-state index in [9.17, 15) is 18.3 Å². The predicted octanol–water partition coefficient (Wildman–Crippen LogP) is 5.33. The second-order valence-electron chi connectivity index (χ2n) is 7.72. The molecule has 8 heteroatoms. The third-order valence-corrected chi connectivity index (χ3v) is 9.44. The van der Waals surface area contributed by atoms with E-state index in [0.717, 1.165) is 18.4 Å². The Morgan fingerprint density at radius 1 is 1.19 bits per heavy atom. The van der Waals surface area contributed by atoms with Crippen molar-refractivity contribution >= 4 is 38.5 Å². The molecule has 0 aliphatic carbocycles. The number of sulfone groups is 1. The van der Waals surface area contributed by atoms with Crippen molar-refractivity contribution in [3.05, 3.63) is 60.2 Å². The Hall–Kier alpha value is -1.81. The van der Waals surface area contributed by atoms with Crippen LogP contribution < -0.4 is 4.74 Å². The Balaban J connectivity index is 1.79.